The van der Waals surface area contributed by atoms with Crippen molar-refractivity contribution in [2.75, 3.05) is 40.9 Å². The van der Waals surface area contributed by atoms with Crippen molar-refractivity contribution in [3.05, 3.63) is 72.9 Å². The molecule has 10 heteroatoms. The number of rotatable bonds is 57. The second-order valence-electron chi connectivity index (χ2n) is 22.6. The molecule has 0 aromatic heterocycles. The van der Waals surface area contributed by atoms with Crippen molar-refractivity contribution in [1.82, 2.24) is 5.32 Å². The summed E-state index contributed by atoms with van der Waals surface area (Å²) in [4.78, 5) is 40.0. The van der Waals surface area contributed by atoms with E-state index in [1.54, 1.807) is 0 Å². The molecule has 0 saturated heterocycles. The summed E-state index contributed by atoms with van der Waals surface area (Å²) in [6.45, 7) is 6.78. The number of hydrogen-bond donors (Lipinski definition) is 1. The SMILES string of the molecule is CCCCC/C=C\C/C=C\C/C=C\CCCCCCC(=O)NC(COP(=O)([O-])OCC[N+](C)(C)C)C(/C=C/CCCCCCCCCCCC)OC(=O)CCCCCCCCCCCCC/C=C\C/C=C\CCCCC. The second-order valence-corrected chi connectivity index (χ2v) is 24.0. The van der Waals surface area contributed by atoms with E-state index < -0.39 is 26.6 Å². The zero-order valence-corrected chi connectivity index (χ0v) is 51.3. The summed E-state index contributed by atoms with van der Waals surface area (Å²) in [5.74, 6) is -0.565. The average Bonchev–Trinajstić information content (AvgIpc) is 3.38. The Bertz CT molecular complexity index is 1530. The molecule has 0 rings (SSSR count). The van der Waals surface area contributed by atoms with Gasteiger partial charge >= 0.3 is 5.97 Å². The van der Waals surface area contributed by atoms with Crippen LogP contribution < -0.4 is 10.2 Å². The van der Waals surface area contributed by atoms with E-state index in [1.807, 2.05) is 33.3 Å². The third kappa shape index (κ3) is 56.2. The minimum Gasteiger partial charge on any atom is -0.756 e. The van der Waals surface area contributed by atoms with Crippen LogP contribution in [0.3, 0.4) is 0 Å². The fourth-order valence-corrected chi connectivity index (χ4v) is 9.63. The molecule has 0 bridgehead atoms. The monoisotopic (exact) mass is 1080 g/mol. The van der Waals surface area contributed by atoms with Gasteiger partial charge in [-0.1, -0.05) is 242 Å². The van der Waals surface area contributed by atoms with Crippen LogP contribution in [-0.2, 0) is 27.9 Å². The van der Waals surface area contributed by atoms with E-state index in [-0.39, 0.29) is 31.3 Å². The maximum atomic E-state index is 13.5. The van der Waals surface area contributed by atoms with E-state index in [1.165, 1.54) is 161 Å². The standard InChI is InChI=1S/C66H121N2O7P/c1-7-10-13-16-19-22-25-28-30-32-33-34-35-37-39-41-44-47-50-53-56-59-66(70)75-64(57-54-51-48-45-42-27-24-21-18-15-12-9-3)63(62-74-76(71,72)73-61-60-68(4,5)6)67-65(69)58-55-52-49-46-43-40-38-36-31-29-26-23-20-17-14-11-8-2/h19-20,22-23,28-31,38,40,54,57,63-64H,7-18,21,24-27,32-37,39,41-53,55-56,58-62H2,1-6H3,(H-,67,69,71,72)/b22-19-,23-20-,30-28-,31-29-,40-38-,57-54+. The van der Waals surface area contributed by atoms with Gasteiger partial charge in [0.05, 0.1) is 33.8 Å². The third-order valence-corrected chi connectivity index (χ3v) is 14.8. The first-order valence-corrected chi connectivity index (χ1v) is 33.2. The predicted molar refractivity (Wildman–Crippen MR) is 325 cm³/mol. The maximum Gasteiger partial charge on any atom is 0.306 e. The minimum absolute atomic E-state index is 0.0291. The van der Waals surface area contributed by atoms with Crippen LogP contribution in [0.4, 0.5) is 0 Å². The van der Waals surface area contributed by atoms with Gasteiger partial charge in [-0.3, -0.25) is 14.2 Å². The van der Waals surface area contributed by atoms with Gasteiger partial charge < -0.3 is 28.5 Å². The van der Waals surface area contributed by atoms with Gasteiger partial charge in [0.15, 0.2) is 0 Å². The molecule has 3 unspecified atom stereocenters. The number of esters is 1. The first kappa shape index (κ1) is 73.5. The largest absolute Gasteiger partial charge is 0.756 e. The number of phosphoric acid groups is 1. The molecule has 1 N–H and O–H groups in total. The van der Waals surface area contributed by atoms with Gasteiger partial charge in [0.1, 0.15) is 19.3 Å². The highest BCUT2D eigenvalue weighted by atomic mass is 31.2. The van der Waals surface area contributed by atoms with Gasteiger partial charge in [0.25, 0.3) is 7.82 Å². The van der Waals surface area contributed by atoms with Crippen molar-refractivity contribution in [2.45, 2.75) is 296 Å². The predicted octanol–water partition coefficient (Wildman–Crippen LogP) is 19.0. The highest BCUT2D eigenvalue weighted by Gasteiger charge is 2.27. The lowest BCUT2D eigenvalue weighted by Gasteiger charge is -2.30. The Morgan fingerprint density at radius 2 is 0.803 bits per heavy atom. The topological polar surface area (TPSA) is 114 Å². The highest BCUT2D eigenvalue weighted by molar-refractivity contribution is 7.45. The van der Waals surface area contributed by atoms with Crippen LogP contribution in [0.2, 0.25) is 0 Å². The van der Waals surface area contributed by atoms with E-state index in [2.05, 4.69) is 86.8 Å². The van der Waals surface area contributed by atoms with Gasteiger partial charge in [-0.2, -0.15) is 0 Å². The van der Waals surface area contributed by atoms with Gasteiger partial charge in [-0.15, -0.1) is 0 Å². The van der Waals surface area contributed by atoms with E-state index >= 15 is 0 Å². The van der Waals surface area contributed by atoms with Gasteiger partial charge in [-0.25, -0.2) is 0 Å². The molecule has 9 nitrogen and oxygen atoms in total. The number of quaternary nitrogens is 1. The number of carbonyl (C=O) groups excluding carboxylic acids is 2. The molecule has 3 atom stereocenters. The van der Waals surface area contributed by atoms with Crippen LogP contribution in [0.25, 0.3) is 0 Å². The molecule has 442 valence electrons. The number of hydrogen-bond acceptors (Lipinski definition) is 7. The summed E-state index contributed by atoms with van der Waals surface area (Å²) >= 11 is 0. The van der Waals surface area contributed by atoms with Crippen molar-refractivity contribution in [3.63, 3.8) is 0 Å². The summed E-state index contributed by atoms with van der Waals surface area (Å²) in [5.41, 5.74) is 0. The molecular formula is C66H121N2O7P. The lowest BCUT2D eigenvalue weighted by molar-refractivity contribution is -0.870. The molecule has 0 aromatic carbocycles. The summed E-state index contributed by atoms with van der Waals surface area (Å²) in [6, 6.07) is -0.903. The summed E-state index contributed by atoms with van der Waals surface area (Å²) < 4.78 is 30.3. The van der Waals surface area contributed by atoms with Crippen molar-refractivity contribution in [1.29, 1.82) is 0 Å². The molecular weight excluding hydrogens is 964 g/mol. The smallest absolute Gasteiger partial charge is 0.306 e. The number of carbonyl (C=O) groups is 2. The number of nitrogens with one attached hydrogen (secondary N) is 1. The van der Waals surface area contributed by atoms with Crippen molar-refractivity contribution < 1.29 is 37.3 Å². The van der Waals surface area contributed by atoms with Gasteiger partial charge in [0, 0.05) is 12.8 Å². The van der Waals surface area contributed by atoms with Crippen LogP contribution in [0, 0.1) is 0 Å². The number of unbranched alkanes of at least 4 members (excludes halogenated alkanes) is 31. The Hall–Kier alpha value is -2.55. The Kier molecular flexibility index (Phi) is 53.9. The normalized spacial score (nSPS) is 14.1. The number of ether oxygens (including phenoxy) is 1. The van der Waals surface area contributed by atoms with Crippen LogP contribution in [0.15, 0.2) is 72.9 Å². The fourth-order valence-electron chi connectivity index (χ4n) is 8.91. The average molecular weight is 1090 g/mol. The molecule has 1 amide bonds. The number of phosphoric ester groups is 1. The van der Waals surface area contributed by atoms with E-state index in [0.29, 0.717) is 17.4 Å². The Morgan fingerprint density at radius 3 is 1.22 bits per heavy atom. The molecule has 0 aliphatic heterocycles. The molecule has 0 aliphatic rings. The first-order chi connectivity index (χ1) is 36.9. The summed E-state index contributed by atoms with van der Waals surface area (Å²) in [5, 5.41) is 3.02. The maximum absolute atomic E-state index is 13.5. The van der Waals surface area contributed by atoms with Crippen LogP contribution in [-0.4, -0.2) is 69.4 Å². The van der Waals surface area contributed by atoms with Gasteiger partial charge in [0.2, 0.25) is 5.91 Å². The number of allylic oxidation sites excluding steroid dienone is 11. The van der Waals surface area contributed by atoms with Crippen molar-refractivity contribution in [3.8, 4) is 0 Å². The minimum atomic E-state index is -4.71. The van der Waals surface area contributed by atoms with E-state index in [0.717, 1.165) is 83.5 Å². The Morgan fingerprint density at radius 1 is 0.461 bits per heavy atom. The van der Waals surface area contributed by atoms with E-state index in [9.17, 15) is 19.0 Å². The molecule has 76 heavy (non-hydrogen) atoms. The summed E-state index contributed by atoms with van der Waals surface area (Å²) in [7, 11) is 1.17. The van der Waals surface area contributed by atoms with Crippen molar-refractivity contribution in [2.24, 2.45) is 0 Å². The molecule has 0 spiro atoms. The summed E-state index contributed by atoms with van der Waals surface area (Å²) in [6.07, 6.45) is 71.5. The number of likely N-dealkylation sites (N-methyl/N-ethyl adjacent to an activating group) is 1. The van der Waals surface area contributed by atoms with Crippen LogP contribution in [0.1, 0.15) is 284 Å². The molecule has 0 aliphatic carbocycles. The second kappa shape index (κ2) is 55.8. The lowest BCUT2D eigenvalue weighted by atomic mass is 10.0. The molecule has 0 radical (unpaired) electrons. The number of nitrogens with zero attached hydrogens (tertiary/aromatic N) is 1. The van der Waals surface area contributed by atoms with Crippen molar-refractivity contribution >= 4 is 19.7 Å². The molecule has 0 saturated carbocycles. The highest BCUT2D eigenvalue weighted by Crippen LogP contribution is 2.38. The Labute approximate surface area is 470 Å². The molecule has 0 fully saturated rings. The fraction of sp³-hybridized carbons (Fsp3) is 0.788. The first-order valence-electron chi connectivity index (χ1n) is 31.7. The zero-order valence-electron chi connectivity index (χ0n) is 50.4. The van der Waals surface area contributed by atoms with Crippen LogP contribution in [0.5, 0.6) is 0 Å². The van der Waals surface area contributed by atoms with Crippen LogP contribution >= 0.6 is 7.82 Å². The Balaban J connectivity index is 5.25. The quantitative estimate of drug-likeness (QED) is 0.0212. The third-order valence-electron chi connectivity index (χ3n) is 13.9. The van der Waals surface area contributed by atoms with Gasteiger partial charge in [-0.05, 0) is 102 Å². The van der Waals surface area contributed by atoms with E-state index in [4.69, 9.17) is 13.8 Å². The zero-order chi connectivity index (χ0) is 55.7. The molecule has 0 aromatic rings. The molecule has 0 heterocycles. The lowest BCUT2D eigenvalue weighted by Crippen LogP contribution is -2.47. The number of amides is 1.